The number of hydrogen-bond acceptors (Lipinski definition) is 7. The summed E-state index contributed by atoms with van der Waals surface area (Å²) in [5.41, 5.74) is 0.631. The Morgan fingerprint density at radius 3 is 2.67 bits per heavy atom. The third-order valence-electron chi connectivity index (χ3n) is 5.41. The molecule has 1 aliphatic rings. The molecule has 1 aliphatic heterocycles. The Morgan fingerprint density at radius 1 is 1.27 bits per heavy atom. The second-order valence-corrected chi connectivity index (χ2v) is 10.5. The average molecular weight is 494 g/mol. The van der Waals surface area contributed by atoms with Crippen LogP contribution >= 0.6 is 11.8 Å². The maximum Gasteiger partial charge on any atom is 0.243 e. The largest absolute Gasteiger partial charge is 0.379 e. The van der Waals surface area contributed by atoms with E-state index in [-0.39, 0.29) is 22.6 Å². The molecule has 1 N–H and O–H groups in total. The Bertz CT molecular complexity index is 1060. The van der Waals surface area contributed by atoms with E-state index in [1.165, 1.54) is 16.1 Å². The molecule has 0 spiro atoms. The van der Waals surface area contributed by atoms with Gasteiger partial charge in [0.05, 0.1) is 23.9 Å². The number of thioether (sulfide) groups is 1. The van der Waals surface area contributed by atoms with Gasteiger partial charge in [0.15, 0.2) is 11.0 Å². The predicted molar refractivity (Wildman–Crippen MR) is 128 cm³/mol. The van der Waals surface area contributed by atoms with E-state index in [9.17, 15) is 13.2 Å². The summed E-state index contributed by atoms with van der Waals surface area (Å²) in [6, 6.07) is 6.86. The van der Waals surface area contributed by atoms with Crippen LogP contribution in [0.5, 0.6) is 0 Å². The van der Waals surface area contributed by atoms with Crippen LogP contribution < -0.4 is 5.32 Å². The number of aromatic nitrogens is 3. The molecule has 2 aromatic rings. The Morgan fingerprint density at radius 2 is 2.00 bits per heavy atom. The Hall–Kier alpha value is -2.21. The third-order valence-corrected chi connectivity index (χ3v) is 8.27. The molecule has 0 unspecified atom stereocenters. The topological polar surface area (TPSA) is 106 Å². The van der Waals surface area contributed by atoms with E-state index in [1.807, 2.05) is 18.4 Å². The summed E-state index contributed by atoms with van der Waals surface area (Å²) >= 11 is 1.30. The highest BCUT2D eigenvalue weighted by Gasteiger charge is 2.27. The van der Waals surface area contributed by atoms with Crippen LogP contribution in [0.1, 0.15) is 26.7 Å². The van der Waals surface area contributed by atoms with Crippen LogP contribution in [0.25, 0.3) is 11.4 Å². The van der Waals surface area contributed by atoms with Gasteiger partial charge in [0, 0.05) is 31.2 Å². The minimum atomic E-state index is -3.63. The van der Waals surface area contributed by atoms with Gasteiger partial charge in [0.25, 0.3) is 0 Å². The summed E-state index contributed by atoms with van der Waals surface area (Å²) in [6.45, 7) is 9.76. The molecule has 180 valence electrons. The number of nitrogens with one attached hydrogen (secondary N) is 1. The first-order valence-corrected chi connectivity index (χ1v) is 13.5. The van der Waals surface area contributed by atoms with Gasteiger partial charge in [0.1, 0.15) is 0 Å². The summed E-state index contributed by atoms with van der Waals surface area (Å²) in [5.74, 6) is 0.691. The summed E-state index contributed by atoms with van der Waals surface area (Å²) in [6.07, 6.45) is 3.48. The summed E-state index contributed by atoms with van der Waals surface area (Å²) < 4.78 is 34.7. The Labute approximate surface area is 199 Å². The van der Waals surface area contributed by atoms with Crippen LogP contribution in [0.3, 0.4) is 0 Å². The third kappa shape index (κ3) is 6.23. The van der Waals surface area contributed by atoms with Crippen molar-refractivity contribution in [3.8, 4) is 11.4 Å². The van der Waals surface area contributed by atoms with Crippen molar-refractivity contribution in [2.75, 3.05) is 32.1 Å². The molecule has 3 rings (SSSR count). The molecule has 1 amide bonds. The second kappa shape index (κ2) is 11.8. The molecule has 0 atom stereocenters. The SMILES string of the molecule is C=CCn1c(SCC(=O)NC(CC)CC)nnc1-c1cccc(S(=O)(=O)N2CCOCC2)c1. The van der Waals surface area contributed by atoms with Crippen molar-refractivity contribution in [3.05, 3.63) is 36.9 Å². The number of rotatable bonds is 11. The van der Waals surface area contributed by atoms with Gasteiger partial charge in [0.2, 0.25) is 15.9 Å². The van der Waals surface area contributed by atoms with E-state index in [2.05, 4.69) is 22.1 Å². The fourth-order valence-corrected chi connectivity index (χ4v) is 5.74. The number of carbonyl (C=O) groups excluding carboxylic acids is 1. The zero-order valence-corrected chi connectivity index (χ0v) is 20.7. The van der Waals surface area contributed by atoms with E-state index in [4.69, 9.17) is 4.74 Å². The van der Waals surface area contributed by atoms with Crippen molar-refractivity contribution < 1.29 is 17.9 Å². The molecular weight excluding hydrogens is 462 g/mol. The number of allylic oxidation sites excluding steroid dienone is 1. The first-order valence-electron chi connectivity index (χ1n) is 11.0. The van der Waals surface area contributed by atoms with E-state index in [0.717, 1.165) is 12.8 Å². The zero-order chi connectivity index (χ0) is 23.8. The first kappa shape index (κ1) is 25.4. The number of sulfonamides is 1. The molecule has 1 aromatic carbocycles. The van der Waals surface area contributed by atoms with E-state index < -0.39 is 10.0 Å². The van der Waals surface area contributed by atoms with Gasteiger partial charge in [-0.05, 0) is 25.0 Å². The smallest absolute Gasteiger partial charge is 0.243 e. The van der Waals surface area contributed by atoms with E-state index in [1.54, 1.807) is 30.3 Å². The second-order valence-electron chi connectivity index (χ2n) is 7.62. The summed E-state index contributed by atoms with van der Waals surface area (Å²) in [4.78, 5) is 12.5. The Balaban J connectivity index is 1.82. The van der Waals surface area contributed by atoms with Gasteiger partial charge >= 0.3 is 0 Å². The quantitative estimate of drug-likeness (QED) is 0.379. The molecule has 1 aromatic heterocycles. The van der Waals surface area contributed by atoms with Crippen LogP contribution in [0.15, 0.2) is 47.0 Å². The molecule has 11 heteroatoms. The lowest BCUT2D eigenvalue weighted by Gasteiger charge is -2.26. The number of ether oxygens (including phenoxy) is 1. The molecule has 2 heterocycles. The van der Waals surface area contributed by atoms with E-state index in [0.29, 0.717) is 49.4 Å². The van der Waals surface area contributed by atoms with Gasteiger partial charge in [-0.25, -0.2) is 8.42 Å². The number of morpholine rings is 1. The van der Waals surface area contributed by atoms with Crippen molar-refractivity contribution in [3.63, 3.8) is 0 Å². The van der Waals surface area contributed by atoms with Crippen molar-refractivity contribution in [2.24, 2.45) is 0 Å². The van der Waals surface area contributed by atoms with Crippen molar-refractivity contribution in [1.29, 1.82) is 0 Å². The van der Waals surface area contributed by atoms with Crippen LogP contribution in [0, 0.1) is 0 Å². The van der Waals surface area contributed by atoms with Crippen LogP contribution in [0.2, 0.25) is 0 Å². The minimum absolute atomic E-state index is 0.0537. The minimum Gasteiger partial charge on any atom is -0.379 e. The molecule has 0 bridgehead atoms. The summed E-state index contributed by atoms with van der Waals surface area (Å²) in [5, 5.41) is 12.1. The normalized spacial score (nSPS) is 15.0. The highest BCUT2D eigenvalue weighted by Crippen LogP contribution is 2.27. The van der Waals surface area contributed by atoms with Crippen molar-refractivity contribution >= 4 is 27.7 Å². The average Bonchev–Trinajstić information content (AvgIpc) is 3.24. The standard InChI is InChI=1S/C22H31N5O4S2/c1-4-10-27-21(24-25-22(27)32-16-20(28)23-18(5-2)6-3)17-8-7-9-19(15-17)33(29,30)26-11-13-31-14-12-26/h4,7-9,15,18H,1,5-6,10-14,16H2,2-3H3,(H,23,28). The Kier molecular flexibility index (Phi) is 9.07. The maximum absolute atomic E-state index is 13.1. The highest BCUT2D eigenvalue weighted by molar-refractivity contribution is 7.99. The highest BCUT2D eigenvalue weighted by atomic mass is 32.2. The predicted octanol–water partition coefficient (Wildman–Crippen LogP) is 2.55. The van der Waals surface area contributed by atoms with Crippen LogP contribution in [-0.2, 0) is 26.1 Å². The maximum atomic E-state index is 13.1. The van der Waals surface area contributed by atoms with Crippen molar-refractivity contribution in [2.45, 2.75) is 49.3 Å². The summed E-state index contributed by atoms with van der Waals surface area (Å²) in [7, 11) is -3.63. The number of hydrogen-bond donors (Lipinski definition) is 1. The number of carbonyl (C=O) groups is 1. The first-order chi connectivity index (χ1) is 15.9. The molecule has 1 saturated heterocycles. The van der Waals surface area contributed by atoms with Crippen molar-refractivity contribution in [1.82, 2.24) is 24.4 Å². The van der Waals surface area contributed by atoms with Gasteiger partial charge in [-0.2, -0.15) is 4.31 Å². The fourth-order valence-electron chi connectivity index (χ4n) is 3.53. The van der Waals surface area contributed by atoms with Crippen LogP contribution in [0.4, 0.5) is 0 Å². The molecule has 33 heavy (non-hydrogen) atoms. The molecule has 9 nitrogen and oxygen atoms in total. The molecule has 1 fully saturated rings. The van der Waals surface area contributed by atoms with Gasteiger partial charge in [-0.3, -0.25) is 9.36 Å². The van der Waals surface area contributed by atoms with Gasteiger partial charge < -0.3 is 10.1 Å². The lowest BCUT2D eigenvalue weighted by Crippen LogP contribution is -2.40. The molecule has 0 radical (unpaired) electrons. The number of nitrogens with zero attached hydrogens (tertiary/aromatic N) is 4. The monoisotopic (exact) mass is 493 g/mol. The number of amides is 1. The molecular formula is C22H31N5O4S2. The number of benzene rings is 1. The van der Waals surface area contributed by atoms with E-state index >= 15 is 0 Å². The van der Waals surface area contributed by atoms with Gasteiger partial charge in [-0.15, -0.1) is 16.8 Å². The zero-order valence-electron chi connectivity index (χ0n) is 19.1. The molecule has 0 aliphatic carbocycles. The van der Waals surface area contributed by atoms with Gasteiger partial charge in [-0.1, -0.05) is 43.8 Å². The van der Waals surface area contributed by atoms with Crippen LogP contribution in [-0.4, -0.2) is 71.5 Å². The lowest BCUT2D eigenvalue weighted by atomic mass is 10.2. The lowest BCUT2D eigenvalue weighted by molar-refractivity contribution is -0.119. The molecule has 0 saturated carbocycles. The fraction of sp³-hybridized carbons (Fsp3) is 0.500.